The van der Waals surface area contributed by atoms with Gasteiger partial charge in [0.15, 0.2) is 0 Å². The van der Waals surface area contributed by atoms with Crippen molar-refractivity contribution in [1.29, 1.82) is 5.26 Å². The molecule has 0 aromatic carbocycles. The van der Waals surface area contributed by atoms with Gasteiger partial charge in [-0.1, -0.05) is 5.21 Å². The lowest BCUT2D eigenvalue weighted by molar-refractivity contribution is 0.175. The molecule has 0 aliphatic carbocycles. The molecule has 18 heavy (non-hydrogen) atoms. The Labute approximate surface area is 107 Å². The van der Waals surface area contributed by atoms with Crippen LogP contribution in [0.3, 0.4) is 0 Å². The van der Waals surface area contributed by atoms with Gasteiger partial charge >= 0.3 is 0 Å². The number of methoxy groups -OCH3 is 2. The maximum atomic E-state index is 8.78. The molecule has 1 heterocycles. The van der Waals surface area contributed by atoms with Crippen molar-refractivity contribution in [1.82, 2.24) is 15.0 Å². The number of hydrogen-bond donors (Lipinski definition) is 0. The van der Waals surface area contributed by atoms with Gasteiger partial charge in [0.1, 0.15) is 5.69 Å². The fourth-order valence-corrected chi connectivity index (χ4v) is 1.78. The van der Waals surface area contributed by atoms with E-state index in [2.05, 4.69) is 23.3 Å². The van der Waals surface area contributed by atoms with Crippen LogP contribution in [0, 0.1) is 11.3 Å². The van der Waals surface area contributed by atoms with E-state index in [9.17, 15) is 0 Å². The molecule has 0 aliphatic heterocycles. The molecular weight excluding hydrogens is 232 g/mol. The smallest absolute Gasteiger partial charge is 0.100 e. The second kappa shape index (κ2) is 7.80. The molecule has 0 N–H and O–H groups in total. The Hall–Kier alpha value is -1.45. The predicted molar refractivity (Wildman–Crippen MR) is 66.1 cm³/mol. The minimum absolute atomic E-state index is 0.205. The highest BCUT2D eigenvalue weighted by Gasteiger charge is 2.16. The summed E-state index contributed by atoms with van der Waals surface area (Å²) in [4.78, 5) is 0. The summed E-state index contributed by atoms with van der Waals surface area (Å²) in [5.41, 5.74) is 1.74. The van der Waals surface area contributed by atoms with E-state index in [0.29, 0.717) is 13.2 Å². The summed E-state index contributed by atoms with van der Waals surface area (Å²) in [6.45, 7) is 3.35. The summed E-state index contributed by atoms with van der Waals surface area (Å²) < 4.78 is 12.0. The molecule has 0 aliphatic rings. The minimum Gasteiger partial charge on any atom is -0.385 e. The molecule has 6 nitrogen and oxygen atoms in total. The zero-order chi connectivity index (χ0) is 13.4. The van der Waals surface area contributed by atoms with Gasteiger partial charge in [-0.25, -0.2) is 4.68 Å². The molecule has 1 unspecified atom stereocenters. The Morgan fingerprint density at radius 2 is 2.06 bits per heavy atom. The van der Waals surface area contributed by atoms with Gasteiger partial charge in [0.2, 0.25) is 0 Å². The molecule has 0 saturated carbocycles. The maximum absolute atomic E-state index is 8.78. The lowest BCUT2D eigenvalue weighted by atomic mass is 10.2. The lowest BCUT2D eigenvalue weighted by Crippen LogP contribution is -2.14. The molecule has 100 valence electrons. The average molecular weight is 252 g/mol. The van der Waals surface area contributed by atoms with E-state index in [1.165, 1.54) is 0 Å². The van der Waals surface area contributed by atoms with Gasteiger partial charge in [-0.05, 0) is 13.3 Å². The molecule has 0 spiro atoms. The molecule has 0 fully saturated rings. The largest absolute Gasteiger partial charge is 0.385 e. The zero-order valence-electron chi connectivity index (χ0n) is 11.2. The minimum atomic E-state index is 0.205. The maximum Gasteiger partial charge on any atom is 0.100 e. The monoisotopic (exact) mass is 252 g/mol. The molecule has 1 aromatic rings. The van der Waals surface area contributed by atoms with E-state index in [4.69, 9.17) is 14.7 Å². The van der Waals surface area contributed by atoms with Crippen molar-refractivity contribution in [3.63, 3.8) is 0 Å². The second-order valence-electron chi connectivity index (χ2n) is 4.14. The Balaban J connectivity index is 2.85. The van der Waals surface area contributed by atoms with Gasteiger partial charge in [-0.2, -0.15) is 5.26 Å². The van der Waals surface area contributed by atoms with Crippen molar-refractivity contribution in [2.45, 2.75) is 32.2 Å². The Kier molecular flexibility index (Phi) is 6.33. The number of rotatable bonds is 8. The van der Waals surface area contributed by atoms with Gasteiger partial charge in [0.25, 0.3) is 0 Å². The lowest BCUT2D eigenvalue weighted by Gasteiger charge is -2.14. The summed E-state index contributed by atoms with van der Waals surface area (Å²) in [7, 11) is 3.34. The third kappa shape index (κ3) is 3.79. The summed E-state index contributed by atoms with van der Waals surface area (Å²) in [6, 6.07) is 2.32. The van der Waals surface area contributed by atoms with Gasteiger partial charge < -0.3 is 9.47 Å². The molecule has 0 bridgehead atoms. The highest BCUT2D eigenvalue weighted by atomic mass is 16.5. The van der Waals surface area contributed by atoms with E-state index in [1.807, 2.05) is 4.68 Å². The van der Waals surface area contributed by atoms with Crippen molar-refractivity contribution < 1.29 is 9.47 Å². The van der Waals surface area contributed by atoms with Crippen molar-refractivity contribution in [2.24, 2.45) is 0 Å². The Morgan fingerprint density at radius 1 is 1.33 bits per heavy atom. The fraction of sp³-hybridized carbons (Fsp3) is 0.750. The summed E-state index contributed by atoms with van der Waals surface area (Å²) in [6.07, 6.45) is 1.87. The number of hydrogen-bond acceptors (Lipinski definition) is 5. The van der Waals surface area contributed by atoms with Crippen LogP contribution < -0.4 is 0 Å². The summed E-state index contributed by atoms with van der Waals surface area (Å²) in [5, 5.41) is 17.0. The fourth-order valence-electron chi connectivity index (χ4n) is 1.78. The molecule has 1 aromatic heterocycles. The van der Waals surface area contributed by atoms with Crippen LogP contribution in [-0.4, -0.2) is 42.4 Å². The third-order valence-corrected chi connectivity index (χ3v) is 2.82. The van der Waals surface area contributed by atoms with E-state index >= 15 is 0 Å². The molecular formula is C12H20N4O2. The van der Waals surface area contributed by atoms with Crippen LogP contribution in [0.2, 0.25) is 0 Å². The van der Waals surface area contributed by atoms with Crippen LogP contribution in [0.4, 0.5) is 0 Å². The van der Waals surface area contributed by atoms with E-state index in [-0.39, 0.29) is 12.5 Å². The first-order valence-corrected chi connectivity index (χ1v) is 6.02. The van der Waals surface area contributed by atoms with Crippen molar-refractivity contribution in [3.8, 4) is 6.07 Å². The summed E-state index contributed by atoms with van der Waals surface area (Å²) >= 11 is 0. The van der Waals surface area contributed by atoms with Crippen LogP contribution in [0.1, 0.15) is 30.8 Å². The molecule has 1 rings (SSSR count). The quantitative estimate of drug-likeness (QED) is 0.693. The molecule has 6 heteroatoms. The van der Waals surface area contributed by atoms with Gasteiger partial charge in [0.05, 0.1) is 30.8 Å². The first-order chi connectivity index (χ1) is 8.74. The Bertz CT molecular complexity index is 397. The number of aromatic nitrogens is 3. The third-order valence-electron chi connectivity index (χ3n) is 2.82. The zero-order valence-corrected chi connectivity index (χ0v) is 11.2. The average Bonchev–Trinajstić information content (AvgIpc) is 2.77. The SMILES string of the molecule is COCCc1c(CC#N)nnn1C(C)CCOC. The number of nitrogens with zero attached hydrogens (tertiary/aromatic N) is 4. The van der Waals surface area contributed by atoms with Gasteiger partial charge in [-0.3, -0.25) is 0 Å². The summed E-state index contributed by atoms with van der Waals surface area (Å²) in [5.74, 6) is 0. The molecule has 0 saturated heterocycles. The van der Waals surface area contributed by atoms with Crippen molar-refractivity contribution in [2.75, 3.05) is 27.4 Å². The number of ether oxygens (including phenoxy) is 2. The predicted octanol–water partition coefficient (Wildman–Crippen LogP) is 1.13. The van der Waals surface area contributed by atoms with Crippen LogP contribution in [0.25, 0.3) is 0 Å². The number of nitriles is 1. The van der Waals surface area contributed by atoms with E-state index < -0.39 is 0 Å². The van der Waals surface area contributed by atoms with Crippen LogP contribution in [-0.2, 0) is 22.3 Å². The topological polar surface area (TPSA) is 73.0 Å². The molecule has 1 atom stereocenters. The Morgan fingerprint density at radius 3 is 2.67 bits per heavy atom. The molecule has 0 amide bonds. The molecule has 0 radical (unpaired) electrons. The first-order valence-electron chi connectivity index (χ1n) is 6.02. The highest BCUT2D eigenvalue weighted by molar-refractivity contribution is 5.15. The normalized spacial score (nSPS) is 12.3. The van der Waals surface area contributed by atoms with Crippen molar-refractivity contribution in [3.05, 3.63) is 11.4 Å². The van der Waals surface area contributed by atoms with E-state index in [1.54, 1.807) is 14.2 Å². The van der Waals surface area contributed by atoms with Crippen molar-refractivity contribution >= 4 is 0 Å². The van der Waals surface area contributed by atoms with E-state index in [0.717, 1.165) is 24.2 Å². The van der Waals surface area contributed by atoms with Crippen LogP contribution >= 0.6 is 0 Å². The van der Waals surface area contributed by atoms with Crippen LogP contribution in [0.5, 0.6) is 0 Å². The first kappa shape index (κ1) is 14.6. The van der Waals surface area contributed by atoms with Gasteiger partial charge in [0, 0.05) is 27.2 Å². The highest BCUT2D eigenvalue weighted by Crippen LogP contribution is 2.16. The standard InChI is InChI=1S/C12H20N4O2/c1-10(5-8-17-2)16-12(6-9-18-3)11(4-7-13)14-15-16/h10H,4-6,8-9H2,1-3H3. The van der Waals surface area contributed by atoms with Crippen LogP contribution in [0.15, 0.2) is 0 Å². The van der Waals surface area contributed by atoms with Gasteiger partial charge in [-0.15, -0.1) is 5.10 Å². The second-order valence-corrected chi connectivity index (χ2v) is 4.14.